The van der Waals surface area contributed by atoms with Gasteiger partial charge < -0.3 is 19.7 Å². The summed E-state index contributed by atoms with van der Waals surface area (Å²) in [5.41, 5.74) is 1.70. The van der Waals surface area contributed by atoms with Gasteiger partial charge >= 0.3 is 0 Å². The Kier molecular flexibility index (Phi) is 7.83. The quantitative estimate of drug-likeness (QED) is 0.683. The first-order chi connectivity index (χ1) is 13.8. The molecule has 1 N–H and O–H groups in total. The smallest absolute Gasteiger partial charge is 0.255 e. The molecule has 0 unspecified atom stereocenters. The molecule has 0 atom stereocenters. The highest BCUT2D eigenvalue weighted by Gasteiger charge is 2.13. The molecule has 0 fully saturated rings. The van der Waals surface area contributed by atoms with E-state index in [1.54, 1.807) is 51.5 Å². The lowest BCUT2D eigenvalue weighted by molar-refractivity contribution is -0.111. The molecule has 0 saturated carbocycles. The number of nitrogens with one attached hydrogen (secondary N) is 1. The summed E-state index contributed by atoms with van der Waals surface area (Å²) in [5.74, 6) is 1.17. The number of carbonyl (C=O) groups is 2. The highest BCUT2D eigenvalue weighted by molar-refractivity contribution is 6.07. The van der Waals surface area contributed by atoms with Gasteiger partial charge in [-0.1, -0.05) is 32.0 Å². The molecule has 154 valence electrons. The van der Waals surface area contributed by atoms with E-state index in [2.05, 4.69) is 19.2 Å². The molecule has 0 radical (unpaired) electrons. The number of carbonyl (C=O) groups excluding carboxylic acids is 2. The van der Waals surface area contributed by atoms with Gasteiger partial charge in [-0.25, -0.2) is 0 Å². The summed E-state index contributed by atoms with van der Waals surface area (Å²) >= 11 is 0. The Morgan fingerprint density at radius 1 is 1.10 bits per heavy atom. The second-order valence-corrected chi connectivity index (χ2v) is 7.18. The molecule has 2 rings (SSSR count). The molecule has 6 heteroatoms. The highest BCUT2D eigenvalue weighted by Crippen LogP contribution is 2.29. The van der Waals surface area contributed by atoms with Gasteiger partial charge in [-0.15, -0.1) is 0 Å². The lowest BCUT2D eigenvalue weighted by atomic mass is 10.1. The third kappa shape index (κ3) is 6.38. The van der Waals surface area contributed by atoms with E-state index in [0.29, 0.717) is 35.3 Å². The minimum atomic E-state index is -0.330. The Hall–Kier alpha value is -3.28. The summed E-state index contributed by atoms with van der Waals surface area (Å²) < 4.78 is 11.1. The molecule has 2 aromatic carbocycles. The molecule has 2 amide bonds. The molecule has 6 nitrogen and oxygen atoms in total. The van der Waals surface area contributed by atoms with E-state index in [-0.39, 0.29) is 11.8 Å². The number of para-hydroxylation sites is 1. The molecule has 0 heterocycles. The normalized spacial score (nSPS) is 10.8. The molecule has 0 saturated heterocycles. The topological polar surface area (TPSA) is 67.9 Å². The fraction of sp³-hybridized carbons (Fsp3) is 0.304. The van der Waals surface area contributed by atoms with Crippen LogP contribution in [0.5, 0.6) is 11.5 Å². The van der Waals surface area contributed by atoms with Crippen LogP contribution in [-0.4, -0.2) is 44.5 Å². The summed E-state index contributed by atoms with van der Waals surface area (Å²) in [4.78, 5) is 26.1. The van der Waals surface area contributed by atoms with Crippen molar-refractivity contribution in [3.05, 3.63) is 59.7 Å². The van der Waals surface area contributed by atoms with Gasteiger partial charge in [-0.2, -0.15) is 0 Å². The fourth-order valence-electron chi connectivity index (χ4n) is 2.53. The van der Waals surface area contributed by atoms with Crippen molar-refractivity contribution in [2.24, 2.45) is 5.92 Å². The maximum Gasteiger partial charge on any atom is 0.255 e. The van der Waals surface area contributed by atoms with Crippen LogP contribution in [0.2, 0.25) is 0 Å². The highest BCUT2D eigenvalue weighted by atomic mass is 16.5. The molecular weight excluding hydrogens is 368 g/mol. The van der Waals surface area contributed by atoms with E-state index in [4.69, 9.17) is 9.47 Å². The number of ether oxygens (including phenoxy) is 2. The van der Waals surface area contributed by atoms with Crippen LogP contribution < -0.4 is 14.8 Å². The summed E-state index contributed by atoms with van der Waals surface area (Å²) in [6.07, 6.45) is 3.10. The Labute approximate surface area is 172 Å². The van der Waals surface area contributed by atoms with Crippen LogP contribution in [0, 0.1) is 5.92 Å². The third-order valence-electron chi connectivity index (χ3n) is 4.01. The largest absolute Gasteiger partial charge is 0.493 e. The minimum absolute atomic E-state index is 0.174. The van der Waals surface area contributed by atoms with E-state index in [9.17, 15) is 9.59 Å². The fourth-order valence-corrected chi connectivity index (χ4v) is 2.53. The second kappa shape index (κ2) is 10.3. The van der Waals surface area contributed by atoms with Crippen molar-refractivity contribution in [2.45, 2.75) is 13.8 Å². The molecule has 0 aliphatic rings. The van der Waals surface area contributed by atoms with Crippen molar-refractivity contribution in [3.8, 4) is 11.5 Å². The van der Waals surface area contributed by atoms with Gasteiger partial charge in [0.05, 0.1) is 25.0 Å². The predicted molar refractivity (Wildman–Crippen MR) is 115 cm³/mol. The predicted octanol–water partition coefficient (Wildman–Crippen LogP) is 4.08. The Morgan fingerprint density at radius 2 is 1.83 bits per heavy atom. The molecule has 29 heavy (non-hydrogen) atoms. The lowest BCUT2D eigenvalue weighted by Crippen LogP contribution is -2.23. The number of benzene rings is 2. The van der Waals surface area contributed by atoms with Gasteiger partial charge in [0.15, 0.2) is 11.5 Å². The van der Waals surface area contributed by atoms with Gasteiger partial charge in [-0.05, 0) is 41.8 Å². The van der Waals surface area contributed by atoms with Crippen LogP contribution in [0.25, 0.3) is 6.08 Å². The lowest BCUT2D eigenvalue weighted by Gasteiger charge is -2.14. The zero-order valence-electron chi connectivity index (χ0n) is 17.6. The first-order valence-electron chi connectivity index (χ1n) is 9.42. The molecule has 0 aromatic heterocycles. The van der Waals surface area contributed by atoms with Crippen LogP contribution in [0.1, 0.15) is 29.8 Å². The van der Waals surface area contributed by atoms with Crippen LogP contribution >= 0.6 is 0 Å². The molecule has 0 aliphatic carbocycles. The first-order valence-corrected chi connectivity index (χ1v) is 9.42. The number of anilines is 1. The van der Waals surface area contributed by atoms with E-state index in [1.807, 2.05) is 18.2 Å². The van der Waals surface area contributed by atoms with Crippen LogP contribution in [0.4, 0.5) is 5.69 Å². The molecule has 0 bridgehead atoms. The average Bonchev–Trinajstić information content (AvgIpc) is 2.70. The van der Waals surface area contributed by atoms with Gasteiger partial charge in [0, 0.05) is 20.2 Å². The van der Waals surface area contributed by atoms with Gasteiger partial charge in [0.1, 0.15) is 0 Å². The van der Waals surface area contributed by atoms with Crippen molar-refractivity contribution in [1.82, 2.24) is 4.90 Å². The summed E-state index contributed by atoms with van der Waals surface area (Å²) in [6, 6.07) is 12.4. The standard InChI is InChI=1S/C23H28N2O4/c1-16(2)15-29-20-12-10-17(14-21(20)28-5)11-13-22(26)24-19-9-7-6-8-18(19)23(27)25(3)4/h6-14,16H,15H2,1-5H3,(H,24,26)/b13-11+. The number of amides is 2. The maximum atomic E-state index is 12.4. The van der Waals surface area contributed by atoms with E-state index >= 15 is 0 Å². The number of nitrogens with zero attached hydrogens (tertiary/aromatic N) is 1. The van der Waals surface area contributed by atoms with Crippen molar-refractivity contribution in [3.63, 3.8) is 0 Å². The summed E-state index contributed by atoms with van der Waals surface area (Å²) in [7, 11) is 4.92. The molecule has 2 aromatic rings. The molecule has 0 aliphatic heterocycles. The van der Waals surface area contributed by atoms with E-state index in [0.717, 1.165) is 5.56 Å². The average molecular weight is 396 g/mol. The Morgan fingerprint density at radius 3 is 2.48 bits per heavy atom. The van der Waals surface area contributed by atoms with Crippen LogP contribution in [-0.2, 0) is 4.79 Å². The van der Waals surface area contributed by atoms with E-state index in [1.165, 1.54) is 11.0 Å². The third-order valence-corrected chi connectivity index (χ3v) is 4.01. The Bertz CT molecular complexity index is 888. The number of rotatable bonds is 8. The van der Waals surface area contributed by atoms with Crippen molar-refractivity contribution in [1.29, 1.82) is 0 Å². The van der Waals surface area contributed by atoms with Gasteiger partial charge in [-0.3, -0.25) is 9.59 Å². The van der Waals surface area contributed by atoms with Crippen molar-refractivity contribution >= 4 is 23.6 Å². The maximum absolute atomic E-state index is 12.4. The van der Waals surface area contributed by atoms with Crippen molar-refractivity contribution in [2.75, 3.05) is 33.1 Å². The number of methoxy groups -OCH3 is 1. The Balaban J connectivity index is 2.11. The van der Waals surface area contributed by atoms with E-state index < -0.39 is 0 Å². The van der Waals surface area contributed by atoms with Gasteiger partial charge in [0.25, 0.3) is 5.91 Å². The number of hydrogen-bond donors (Lipinski definition) is 1. The van der Waals surface area contributed by atoms with Crippen LogP contribution in [0.3, 0.4) is 0 Å². The minimum Gasteiger partial charge on any atom is -0.493 e. The zero-order chi connectivity index (χ0) is 21.4. The second-order valence-electron chi connectivity index (χ2n) is 7.18. The monoisotopic (exact) mass is 396 g/mol. The molecular formula is C23H28N2O4. The summed E-state index contributed by atoms with van der Waals surface area (Å²) in [5, 5.41) is 2.76. The van der Waals surface area contributed by atoms with Crippen molar-refractivity contribution < 1.29 is 19.1 Å². The summed E-state index contributed by atoms with van der Waals surface area (Å²) in [6.45, 7) is 4.75. The SMILES string of the molecule is COc1cc(/C=C/C(=O)Nc2ccccc2C(=O)N(C)C)ccc1OCC(C)C. The van der Waals surface area contributed by atoms with Crippen LogP contribution in [0.15, 0.2) is 48.5 Å². The zero-order valence-corrected chi connectivity index (χ0v) is 17.6. The van der Waals surface area contributed by atoms with Gasteiger partial charge in [0.2, 0.25) is 5.91 Å². The molecule has 0 spiro atoms. The number of hydrogen-bond acceptors (Lipinski definition) is 4. The first kappa shape index (κ1) is 22.0.